The minimum Gasteiger partial charge on any atom is -0.329 e. The Labute approximate surface area is 169 Å². The van der Waals surface area contributed by atoms with Crippen molar-refractivity contribution < 1.29 is 4.79 Å². The topological polar surface area (TPSA) is 96.2 Å². The first-order valence-corrected chi connectivity index (χ1v) is 10.2. The lowest BCUT2D eigenvalue weighted by Crippen LogP contribution is -2.31. The molecule has 4 aromatic heterocycles. The maximum Gasteiger partial charge on any atom is 0.273 e. The van der Waals surface area contributed by atoms with E-state index in [0.717, 1.165) is 29.1 Å². The van der Waals surface area contributed by atoms with Crippen LogP contribution in [0, 0.1) is 6.92 Å². The lowest BCUT2D eigenvalue weighted by Gasteiger charge is -2.22. The number of likely N-dealkylation sites (tertiary alicyclic amines) is 1. The number of carbonyl (C=O) groups is 1. The number of aryl methyl sites for hydroxylation is 1. The molecule has 0 unspecified atom stereocenters. The molecule has 0 spiro atoms. The molecule has 1 saturated heterocycles. The number of rotatable bonds is 3. The van der Waals surface area contributed by atoms with Crippen molar-refractivity contribution in [3.05, 3.63) is 69.5 Å². The number of hydrogen-bond acceptors (Lipinski definition) is 6. The molecule has 0 radical (unpaired) electrons. The van der Waals surface area contributed by atoms with Crippen molar-refractivity contribution in [1.82, 2.24) is 29.5 Å². The van der Waals surface area contributed by atoms with E-state index < -0.39 is 0 Å². The van der Waals surface area contributed by atoms with Gasteiger partial charge < -0.3 is 4.90 Å². The summed E-state index contributed by atoms with van der Waals surface area (Å²) >= 11 is 1.44. The average Bonchev–Trinajstić information content (AvgIpc) is 3.46. The van der Waals surface area contributed by atoms with E-state index in [0.29, 0.717) is 23.6 Å². The van der Waals surface area contributed by atoms with Crippen LogP contribution in [0.15, 0.2) is 46.8 Å². The van der Waals surface area contributed by atoms with Crippen LogP contribution in [-0.4, -0.2) is 41.9 Å². The Hall–Kier alpha value is -3.33. The van der Waals surface area contributed by atoms with Gasteiger partial charge in [0.25, 0.3) is 11.5 Å². The highest BCUT2D eigenvalue weighted by molar-refractivity contribution is 7.13. The molecular formula is C20H18N6O2S. The summed E-state index contributed by atoms with van der Waals surface area (Å²) in [5.41, 5.74) is 3.28. The summed E-state index contributed by atoms with van der Waals surface area (Å²) in [7, 11) is 0. The SMILES string of the molecule is Cc1cc(=O)n2[nH]c([C@@H]3CCCN3C(=O)c3csc(-c4ccncc4)n3)cc2n1. The highest BCUT2D eigenvalue weighted by Crippen LogP contribution is 2.33. The lowest BCUT2D eigenvalue weighted by atomic mass is 10.1. The van der Waals surface area contributed by atoms with Gasteiger partial charge in [-0.25, -0.2) is 14.5 Å². The molecule has 1 atom stereocenters. The smallest absolute Gasteiger partial charge is 0.273 e. The van der Waals surface area contributed by atoms with Gasteiger partial charge in [-0.1, -0.05) is 0 Å². The number of amides is 1. The Morgan fingerprint density at radius 2 is 2.07 bits per heavy atom. The molecule has 29 heavy (non-hydrogen) atoms. The summed E-state index contributed by atoms with van der Waals surface area (Å²) in [6.45, 7) is 2.45. The van der Waals surface area contributed by atoms with Gasteiger partial charge in [-0.3, -0.25) is 19.7 Å². The summed E-state index contributed by atoms with van der Waals surface area (Å²) in [5.74, 6) is -0.0980. The molecule has 4 aromatic rings. The minimum atomic E-state index is -0.156. The molecule has 1 fully saturated rings. The number of H-pyrrole nitrogens is 1. The zero-order valence-corrected chi connectivity index (χ0v) is 16.5. The highest BCUT2D eigenvalue weighted by atomic mass is 32.1. The Morgan fingerprint density at radius 1 is 1.24 bits per heavy atom. The zero-order chi connectivity index (χ0) is 20.0. The Morgan fingerprint density at radius 3 is 2.90 bits per heavy atom. The number of aromatic amines is 1. The third-order valence-electron chi connectivity index (χ3n) is 5.12. The molecule has 1 aliphatic heterocycles. The third-order valence-corrected chi connectivity index (χ3v) is 6.01. The van der Waals surface area contributed by atoms with Crippen molar-refractivity contribution in [1.29, 1.82) is 0 Å². The van der Waals surface area contributed by atoms with E-state index in [1.54, 1.807) is 24.7 Å². The molecule has 1 aliphatic rings. The maximum atomic E-state index is 13.2. The minimum absolute atomic E-state index is 0.0980. The fourth-order valence-corrected chi connectivity index (χ4v) is 4.58. The molecule has 0 aliphatic carbocycles. The van der Waals surface area contributed by atoms with E-state index in [1.807, 2.05) is 23.1 Å². The number of fused-ring (bicyclic) bond motifs is 1. The normalized spacial score (nSPS) is 16.6. The van der Waals surface area contributed by atoms with E-state index >= 15 is 0 Å². The largest absolute Gasteiger partial charge is 0.329 e. The Bertz CT molecular complexity index is 1260. The number of thiazole rings is 1. The van der Waals surface area contributed by atoms with Crippen LogP contribution in [0.5, 0.6) is 0 Å². The summed E-state index contributed by atoms with van der Waals surface area (Å²) in [6, 6.07) is 6.97. The molecule has 146 valence electrons. The van der Waals surface area contributed by atoms with E-state index in [4.69, 9.17) is 0 Å². The van der Waals surface area contributed by atoms with Gasteiger partial charge in [0.15, 0.2) is 5.65 Å². The second kappa shape index (κ2) is 6.93. The maximum absolute atomic E-state index is 13.2. The van der Waals surface area contributed by atoms with Gasteiger partial charge in [0, 0.05) is 47.7 Å². The summed E-state index contributed by atoms with van der Waals surface area (Å²) in [5, 5.41) is 5.72. The first kappa shape index (κ1) is 17.7. The van der Waals surface area contributed by atoms with Crippen molar-refractivity contribution in [2.24, 2.45) is 0 Å². The Balaban J connectivity index is 1.45. The summed E-state index contributed by atoms with van der Waals surface area (Å²) in [6.07, 6.45) is 5.15. The van der Waals surface area contributed by atoms with Crippen LogP contribution >= 0.6 is 11.3 Å². The molecule has 5 heterocycles. The molecule has 1 amide bonds. The average molecular weight is 406 g/mol. The lowest BCUT2D eigenvalue weighted by molar-refractivity contribution is 0.0727. The van der Waals surface area contributed by atoms with Crippen molar-refractivity contribution >= 4 is 22.9 Å². The first-order chi connectivity index (χ1) is 14.1. The fourth-order valence-electron chi connectivity index (χ4n) is 3.78. The molecule has 8 nitrogen and oxygen atoms in total. The van der Waals surface area contributed by atoms with Crippen LogP contribution in [0.25, 0.3) is 16.2 Å². The highest BCUT2D eigenvalue weighted by Gasteiger charge is 2.33. The fraction of sp³-hybridized carbons (Fsp3) is 0.250. The van der Waals surface area contributed by atoms with Crippen molar-refractivity contribution in [2.45, 2.75) is 25.8 Å². The van der Waals surface area contributed by atoms with Crippen LogP contribution < -0.4 is 5.56 Å². The van der Waals surface area contributed by atoms with Gasteiger partial charge in [-0.05, 0) is 31.9 Å². The van der Waals surface area contributed by atoms with Gasteiger partial charge in [-0.2, -0.15) is 0 Å². The summed E-state index contributed by atoms with van der Waals surface area (Å²) < 4.78 is 1.42. The zero-order valence-electron chi connectivity index (χ0n) is 15.7. The van der Waals surface area contributed by atoms with Gasteiger partial charge in [0.05, 0.1) is 11.7 Å². The third kappa shape index (κ3) is 3.13. The number of pyridine rings is 1. The quantitative estimate of drug-likeness (QED) is 0.564. The van der Waals surface area contributed by atoms with Crippen LogP contribution in [0.2, 0.25) is 0 Å². The standard InChI is InChI=1S/C20H18N6O2S/c1-12-9-18(27)26-17(22-12)10-14(24-26)16-3-2-8-25(16)20(28)15-11-29-19(23-15)13-4-6-21-7-5-13/h4-7,9-11,16,24H,2-3,8H2,1H3/t16-/m0/s1. The van der Waals surface area contributed by atoms with Gasteiger partial charge >= 0.3 is 0 Å². The van der Waals surface area contributed by atoms with Crippen molar-refractivity contribution in [3.8, 4) is 10.6 Å². The van der Waals surface area contributed by atoms with Gasteiger partial charge in [0.2, 0.25) is 0 Å². The van der Waals surface area contributed by atoms with Crippen molar-refractivity contribution in [3.63, 3.8) is 0 Å². The van der Waals surface area contributed by atoms with E-state index in [9.17, 15) is 9.59 Å². The van der Waals surface area contributed by atoms with E-state index in [2.05, 4.69) is 20.1 Å². The van der Waals surface area contributed by atoms with E-state index in [-0.39, 0.29) is 17.5 Å². The Kier molecular flexibility index (Phi) is 4.24. The van der Waals surface area contributed by atoms with E-state index in [1.165, 1.54) is 21.9 Å². The van der Waals surface area contributed by atoms with Gasteiger partial charge in [0.1, 0.15) is 10.7 Å². The monoisotopic (exact) mass is 406 g/mol. The molecule has 5 rings (SSSR count). The molecule has 0 saturated carbocycles. The molecular weight excluding hydrogens is 388 g/mol. The number of aromatic nitrogens is 5. The number of hydrogen-bond donors (Lipinski definition) is 1. The second-order valence-electron chi connectivity index (χ2n) is 7.07. The van der Waals surface area contributed by atoms with Crippen LogP contribution in [0.3, 0.4) is 0 Å². The van der Waals surface area contributed by atoms with Crippen LogP contribution in [0.1, 0.15) is 40.8 Å². The molecule has 9 heteroatoms. The first-order valence-electron chi connectivity index (χ1n) is 9.36. The van der Waals surface area contributed by atoms with Crippen molar-refractivity contribution in [2.75, 3.05) is 6.54 Å². The summed E-state index contributed by atoms with van der Waals surface area (Å²) in [4.78, 5) is 40.2. The number of nitrogens with zero attached hydrogens (tertiary/aromatic N) is 5. The molecule has 1 N–H and O–H groups in total. The number of carbonyl (C=O) groups excluding carboxylic acids is 1. The van der Waals surface area contributed by atoms with Crippen LogP contribution in [-0.2, 0) is 0 Å². The molecule has 0 aromatic carbocycles. The van der Waals surface area contributed by atoms with Gasteiger partial charge in [-0.15, -0.1) is 11.3 Å². The predicted octanol–water partition coefficient (Wildman–Crippen LogP) is 2.83. The predicted molar refractivity (Wildman–Crippen MR) is 109 cm³/mol. The second-order valence-corrected chi connectivity index (χ2v) is 7.93. The number of nitrogens with one attached hydrogen (secondary N) is 1. The molecule has 0 bridgehead atoms. The van der Waals surface area contributed by atoms with Crippen LogP contribution in [0.4, 0.5) is 0 Å².